The highest BCUT2D eigenvalue weighted by atomic mass is 16.5. The maximum Gasteiger partial charge on any atom is 0.224 e. The Bertz CT molecular complexity index is 1170. The number of ether oxygens (including phenoxy) is 2. The summed E-state index contributed by atoms with van der Waals surface area (Å²) in [5.41, 5.74) is 5.01. The minimum Gasteiger partial charge on any atom is -0.494 e. The van der Waals surface area contributed by atoms with Crippen LogP contribution in [0.5, 0.6) is 17.4 Å². The number of fused-ring (bicyclic) bond motifs is 1. The first kappa shape index (κ1) is 23.3. The van der Waals surface area contributed by atoms with E-state index >= 15 is 0 Å². The summed E-state index contributed by atoms with van der Waals surface area (Å²) in [5, 5.41) is 5.77. The zero-order chi connectivity index (χ0) is 23.9. The molecule has 34 heavy (non-hydrogen) atoms. The number of amides is 2. The highest BCUT2D eigenvalue weighted by Gasteiger charge is 2.15. The lowest BCUT2D eigenvalue weighted by molar-refractivity contribution is -0.121. The topological polar surface area (TPSA) is 89.5 Å². The molecule has 0 saturated heterocycles. The molecule has 1 aromatic heterocycles. The molecule has 0 aliphatic carbocycles. The SMILES string of the molecule is Cc1ccc(C)c(Oc2ccc(CNC(=O)CCCOc3ccc4c(c3)CCC(=O)N4)cn2)c1. The van der Waals surface area contributed by atoms with Gasteiger partial charge in [-0.05, 0) is 73.2 Å². The smallest absolute Gasteiger partial charge is 0.224 e. The Kier molecular flexibility index (Phi) is 7.42. The van der Waals surface area contributed by atoms with Gasteiger partial charge in [0.15, 0.2) is 0 Å². The second-order valence-electron chi connectivity index (χ2n) is 8.47. The van der Waals surface area contributed by atoms with Crippen LogP contribution in [0.3, 0.4) is 0 Å². The summed E-state index contributed by atoms with van der Waals surface area (Å²) in [6, 6.07) is 15.4. The number of hydrogen-bond acceptors (Lipinski definition) is 5. The van der Waals surface area contributed by atoms with Crippen molar-refractivity contribution in [1.82, 2.24) is 10.3 Å². The monoisotopic (exact) mass is 459 g/mol. The predicted molar refractivity (Wildman–Crippen MR) is 130 cm³/mol. The van der Waals surface area contributed by atoms with Crippen molar-refractivity contribution < 1.29 is 19.1 Å². The number of nitrogens with zero attached hydrogens (tertiary/aromatic N) is 1. The van der Waals surface area contributed by atoms with Crippen molar-refractivity contribution in [2.45, 2.75) is 46.1 Å². The lowest BCUT2D eigenvalue weighted by Gasteiger charge is -2.17. The first-order chi connectivity index (χ1) is 16.5. The van der Waals surface area contributed by atoms with Gasteiger partial charge in [-0.2, -0.15) is 0 Å². The van der Waals surface area contributed by atoms with Crippen LogP contribution in [-0.2, 0) is 22.6 Å². The Labute approximate surface area is 199 Å². The second kappa shape index (κ2) is 10.8. The summed E-state index contributed by atoms with van der Waals surface area (Å²) in [6.07, 6.45) is 3.91. The average Bonchev–Trinajstić information content (AvgIpc) is 2.83. The van der Waals surface area contributed by atoms with Crippen LogP contribution in [-0.4, -0.2) is 23.4 Å². The average molecular weight is 460 g/mol. The number of rotatable bonds is 9. The highest BCUT2D eigenvalue weighted by Crippen LogP contribution is 2.27. The zero-order valence-electron chi connectivity index (χ0n) is 19.5. The number of benzene rings is 2. The van der Waals surface area contributed by atoms with Crippen molar-refractivity contribution in [3.05, 3.63) is 77.0 Å². The van der Waals surface area contributed by atoms with E-state index in [4.69, 9.17) is 9.47 Å². The number of anilines is 1. The van der Waals surface area contributed by atoms with Gasteiger partial charge in [-0.1, -0.05) is 18.2 Å². The zero-order valence-corrected chi connectivity index (χ0v) is 19.5. The summed E-state index contributed by atoms with van der Waals surface area (Å²) in [4.78, 5) is 28.0. The number of nitrogens with one attached hydrogen (secondary N) is 2. The molecular formula is C27H29N3O4. The van der Waals surface area contributed by atoms with E-state index in [-0.39, 0.29) is 11.8 Å². The van der Waals surface area contributed by atoms with E-state index in [1.807, 2.05) is 56.3 Å². The van der Waals surface area contributed by atoms with Crippen molar-refractivity contribution in [2.24, 2.45) is 0 Å². The van der Waals surface area contributed by atoms with Crippen LogP contribution in [0.15, 0.2) is 54.7 Å². The van der Waals surface area contributed by atoms with Gasteiger partial charge < -0.3 is 20.1 Å². The largest absolute Gasteiger partial charge is 0.494 e. The first-order valence-electron chi connectivity index (χ1n) is 11.5. The van der Waals surface area contributed by atoms with E-state index in [0.717, 1.165) is 39.4 Å². The number of carbonyl (C=O) groups excluding carboxylic acids is 2. The van der Waals surface area contributed by atoms with Crippen LogP contribution in [0.2, 0.25) is 0 Å². The Morgan fingerprint density at radius 1 is 1.09 bits per heavy atom. The molecule has 7 nitrogen and oxygen atoms in total. The molecule has 3 aromatic rings. The number of pyridine rings is 1. The van der Waals surface area contributed by atoms with Crippen LogP contribution in [0.1, 0.15) is 41.5 Å². The molecule has 0 radical (unpaired) electrons. The maximum atomic E-state index is 12.2. The molecule has 2 N–H and O–H groups in total. The van der Waals surface area contributed by atoms with Crippen LogP contribution < -0.4 is 20.1 Å². The summed E-state index contributed by atoms with van der Waals surface area (Å²) in [6.45, 7) is 4.88. The molecular weight excluding hydrogens is 430 g/mol. The van der Waals surface area contributed by atoms with Gasteiger partial charge in [-0.3, -0.25) is 9.59 Å². The number of aromatic nitrogens is 1. The Morgan fingerprint density at radius 2 is 1.97 bits per heavy atom. The van der Waals surface area contributed by atoms with Gasteiger partial charge in [-0.15, -0.1) is 0 Å². The second-order valence-corrected chi connectivity index (χ2v) is 8.47. The molecule has 1 aliphatic rings. The Balaban J connectivity index is 1.16. The third-order valence-corrected chi connectivity index (χ3v) is 5.63. The van der Waals surface area contributed by atoms with E-state index in [9.17, 15) is 9.59 Å². The van der Waals surface area contributed by atoms with E-state index in [0.29, 0.717) is 44.7 Å². The van der Waals surface area contributed by atoms with Crippen molar-refractivity contribution in [2.75, 3.05) is 11.9 Å². The molecule has 2 aromatic carbocycles. The normalized spacial score (nSPS) is 12.5. The van der Waals surface area contributed by atoms with Gasteiger partial charge in [-0.25, -0.2) is 4.98 Å². The minimum absolute atomic E-state index is 0.0348. The van der Waals surface area contributed by atoms with Gasteiger partial charge in [0.2, 0.25) is 17.7 Å². The highest BCUT2D eigenvalue weighted by molar-refractivity contribution is 5.94. The molecule has 176 valence electrons. The first-order valence-corrected chi connectivity index (χ1v) is 11.5. The van der Waals surface area contributed by atoms with E-state index in [1.54, 1.807) is 12.3 Å². The fraction of sp³-hybridized carbons (Fsp3) is 0.296. The fourth-order valence-electron chi connectivity index (χ4n) is 3.67. The molecule has 7 heteroatoms. The molecule has 0 atom stereocenters. The number of carbonyl (C=O) groups is 2. The van der Waals surface area contributed by atoms with Gasteiger partial charge in [0.1, 0.15) is 11.5 Å². The van der Waals surface area contributed by atoms with Crippen LogP contribution in [0, 0.1) is 13.8 Å². The number of aryl methyl sites for hydroxylation is 3. The van der Waals surface area contributed by atoms with E-state index in [2.05, 4.69) is 15.6 Å². The summed E-state index contributed by atoms with van der Waals surface area (Å²) < 4.78 is 11.7. The molecule has 0 spiro atoms. The Hall–Kier alpha value is -3.87. The van der Waals surface area contributed by atoms with Crippen molar-refractivity contribution >= 4 is 17.5 Å². The predicted octanol–water partition coefficient (Wildman–Crippen LogP) is 4.85. The summed E-state index contributed by atoms with van der Waals surface area (Å²) in [5.74, 6) is 2.07. The number of hydrogen-bond donors (Lipinski definition) is 2. The van der Waals surface area contributed by atoms with E-state index < -0.39 is 0 Å². The van der Waals surface area contributed by atoms with Crippen LogP contribution in [0.25, 0.3) is 0 Å². The van der Waals surface area contributed by atoms with E-state index in [1.165, 1.54) is 0 Å². The van der Waals surface area contributed by atoms with Crippen molar-refractivity contribution in [1.29, 1.82) is 0 Å². The summed E-state index contributed by atoms with van der Waals surface area (Å²) in [7, 11) is 0. The fourth-order valence-corrected chi connectivity index (χ4v) is 3.67. The maximum absolute atomic E-state index is 12.2. The van der Waals surface area contributed by atoms with Crippen LogP contribution in [0.4, 0.5) is 5.69 Å². The molecule has 1 aliphatic heterocycles. The van der Waals surface area contributed by atoms with Crippen molar-refractivity contribution in [3.8, 4) is 17.4 Å². The Morgan fingerprint density at radius 3 is 2.79 bits per heavy atom. The van der Waals surface area contributed by atoms with Crippen LogP contribution >= 0.6 is 0 Å². The van der Waals surface area contributed by atoms with Gasteiger partial charge in [0.05, 0.1) is 6.61 Å². The molecule has 4 rings (SSSR count). The third kappa shape index (κ3) is 6.34. The lowest BCUT2D eigenvalue weighted by Crippen LogP contribution is -2.23. The summed E-state index contributed by atoms with van der Waals surface area (Å²) >= 11 is 0. The van der Waals surface area contributed by atoms with Crippen molar-refractivity contribution in [3.63, 3.8) is 0 Å². The molecule has 0 fully saturated rings. The minimum atomic E-state index is -0.0348. The molecule has 2 amide bonds. The third-order valence-electron chi connectivity index (χ3n) is 5.63. The van der Waals surface area contributed by atoms with Gasteiger partial charge in [0.25, 0.3) is 0 Å². The quantitative estimate of drug-likeness (QED) is 0.447. The molecule has 0 bridgehead atoms. The molecule has 0 unspecified atom stereocenters. The van der Waals surface area contributed by atoms with Gasteiger partial charge >= 0.3 is 0 Å². The standard InChI is InChI=1S/C27H29N3O4/c1-18-5-6-19(2)24(14-18)34-27-12-7-20(17-29-27)16-28-25(31)4-3-13-33-22-9-10-23-21(15-22)8-11-26(32)30-23/h5-7,9-10,12,14-15,17H,3-4,8,11,13,16H2,1-2H3,(H,28,31)(H,30,32). The lowest BCUT2D eigenvalue weighted by atomic mass is 10.0. The molecule has 0 saturated carbocycles. The molecule has 2 heterocycles. The van der Waals surface area contributed by atoms with Gasteiger partial charge in [0, 0.05) is 37.3 Å².